The van der Waals surface area contributed by atoms with Gasteiger partial charge in [-0.1, -0.05) is 6.07 Å². The highest BCUT2D eigenvalue weighted by Gasteiger charge is 2.22. The topological polar surface area (TPSA) is 88.6 Å². The fourth-order valence-corrected chi connectivity index (χ4v) is 2.88. The minimum absolute atomic E-state index is 0.231. The van der Waals surface area contributed by atoms with E-state index in [-0.39, 0.29) is 6.10 Å². The Morgan fingerprint density at radius 3 is 2.96 bits per heavy atom. The number of fused-ring (bicyclic) bond motifs is 2. The first-order valence-electron chi connectivity index (χ1n) is 8.35. The van der Waals surface area contributed by atoms with E-state index in [1.54, 1.807) is 12.5 Å². The number of hydrogen-bond acceptors (Lipinski definition) is 6. The summed E-state index contributed by atoms with van der Waals surface area (Å²) in [5.41, 5.74) is 3.18. The number of aromatic nitrogens is 5. The summed E-state index contributed by atoms with van der Waals surface area (Å²) in [5, 5.41) is 4.31. The molecule has 1 aromatic carbocycles. The second-order valence-corrected chi connectivity index (χ2v) is 6.16. The molecule has 2 N–H and O–H groups in total. The molecule has 4 aromatic rings. The van der Waals surface area contributed by atoms with Crippen molar-refractivity contribution in [2.24, 2.45) is 0 Å². The van der Waals surface area contributed by atoms with Crippen LogP contribution in [-0.2, 0) is 0 Å². The number of hydrogen-bond donors (Lipinski definition) is 2. The van der Waals surface area contributed by atoms with Crippen LogP contribution in [-0.4, -0.2) is 31.0 Å². The molecule has 0 radical (unpaired) electrons. The van der Waals surface area contributed by atoms with E-state index in [2.05, 4.69) is 30.2 Å². The Labute approximate surface area is 143 Å². The van der Waals surface area contributed by atoms with E-state index >= 15 is 0 Å². The minimum atomic E-state index is 0.231. The molecule has 0 aliphatic heterocycles. The van der Waals surface area contributed by atoms with Crippen LogP contribution in [0.15, 0.2) is 42.9 Å². The van der Waals surface area contributed by atoms with Gasteiger partial charge in [-0.05, 0) is 43.5 Å². The monoisotopic (exact) mass is 332 g/mol. The summed E-state index contributed by atoms with van der Waals surface area (Å²) >= 11 is 0. The summed E-state index contributed by atoms with van der Waals surface area (Å²) in [5.74, 6) is 1.01. The number of nitrogens with one attached hydrogen (secondary N) is 2. The zero-order chi connectivity index (χ0) is 16.6. The van der Waals surface area contributed by atoms with E-state index in [0.29, 0.717) is 23.0 Å². The van der Waals surface area contributed by atoms with Gasteiger partial charge in [0.15, 0.2) is 11.2 Å². The molecular weight excluding hydrogens is 316 g/mol. The first kappa shape index (κ1) is 14.2. The van der Waals surface area contributed by atoms with E-state index in [0.717, 1.165) is 29.4 Å². The van der Waals surface area contributed by atoms with Gasteiger partial charge in [0, 0.05) is 17.3 Å². The maximum absolute atomic E-state index is 5.99. The molecule has 0 spiro atoms. The highest BCUT2D eigenvalue weighted by Crippen LogP contribution is 2.29. The summed E-state index contributed by atoms with van der Waals surface area (Å²) in [4.78, 5) is 20.7. The number of rotatable bonds is 4. The van der Waals surface area contributed by atoms with Crippen molar-refractivity contribution in [3.05, 3.63) is 42.9 Å². The first-order chi connectivity index (χ1) is 12.3. The molecule has 0 bridgehead atoms. The molecule has 3 heterocycles. The Morgan fingerprint density at radius 1 is 1.12 bits per heavy atom. The lowest BCUT2D eigenvalue weighted by Crippen LogP contribution is -2.25. The maximum atomic E-state index is 5.99. The van der Waals surface area contributed by atoms with E-state index in [9.17, 15) is 0 Å². The van der Waals surface area contributed by atoms with Gasteiger partial charge in [-0.25, -0.2) is 4.98 Å². The highest BCUT2D eigenvalue weighted by molar-refractivity contribution is 5.83. The predicted octanol–water partition coefficient (Wildman–Crippen LogP) is 3.58. The molecule has 1 aliphatic carbocycles. The second kappa shape index (κ2) is 5.70. The van der Waals surface area contributed by atoms with E-state index < -0.39 is 0 Å². The lowest BCUT2D eigenvalue weighted by Gasteiger charge is -2.25. The van der Waals surface area contributed by atoms with Gasteiger partial charge in [0.1, 0.15) is 6.10 Å². The predicted molar refractivity (Wildman–Crippen MR) is 95.0 cm³/mol. The Balaban J connectivity index is 1.50. The largest absolute Gasteiger partial charge is 0.473 e. The van der Waals surface area contributed by atoms with Gasteiger partial charge in [-0.3, -0.25) is 4.98 Å². The molecule has 1 fully saturated rings. The van der Waals surface area contributed by atoms with Gasteiger partial charge in [0.25, 0.3) is 0 Å². The number of pyridine rings is 1. The fourth-order valence-electron chi connectivity index (χ4n) is 2.88. The molecule has 0 amide bonds. The first-order valence-corrected chi connectivity index (χ1v) is 8.35. The molecule has 5 rings (SSSR count). The van der Waals surface area contributed by atoms with Crippen molar-refractivity contribution in [1.82, 2.24) is 24.9 Å². The Bertz CT molecular complexity index is 1060. The third-order valence-electron chi connectivity index (χ3n) is 4.44. The molecule has 1 saturated carbocycles. The molecule has 7 heteroatoms. The van der Waals surface area contributed by atoms with Crippen LogP contribution < -0.4 is 10.1 Å². The highest BCUT2D eigenvalue weighted by atomic mass is 16.5. The summed E-state index contributed by atoms with van der Waals surface area (Å²) in [7, 11) is 0. The number of nitrogens with zero attached hydrogens (tertiary/aromatic N) is 4. The van der Waals surface area contributed by atoms with Crippen molar-refractivity contribution in [1.29, 1.82) is 0 Å². The number of ether oxygens (including phenoxy) is 1. The third-order valence-corrected chi connectivity index (χ3v) is 4.44. The Hall–Kier alpha value is -3.22. The summed E-state index contributed by atoms with van der Waals surface area (Å²) in [6, 6.07) is 9.90. The van der Waals surface area contributed by atoms with Crippen LogP contribution in [0.1, 0.15) is 19.3 Å². The Morgan fingerprint density at radius 2 is 2.08 bits per heavy atom. The lowest BCUT2D eigenvalue weighted by atomic mass is 9.96. The minimum Gasteiger partial charge on any atom is -0.473 e. The van der Waals surface area contributed by atoms with Crippen LogP contribution in [0.25, 0.3) is 22.1 Å². The summed E-state index contributed by atoms with van der Waals surface area (Å²) in [6.07, 6.45) is 6.96. The van der Waals surface area contributed by atoms with Crippen molar-refractivity contribution in [3.63, 3.8) is 0 Å². The van der Waals surface area contributed by atoms with Crippen LogP contribution in [0.5, 0.6) is 5.88 Å². The van der Waals surface area contributed by atoms with Crippen LogP contribution in [0.2, 0.25) is 0 Å². The van der Waals surface area contributed by atoms with Gasteiger partial charge in [0.05, 0.1) is 11.8 Å². The average molecular weight is 332 g/mol. The van der Waals surface area contributed by atoms with E-state index in [1.165, 1.54) is 6.42 Å². The molecule has 124 valence electrons. The van der Waals surface area contributed by atoms with Crippen molar-refractivity contribution < 1.29 is 4.74 Å². The van der Waals surface area contributed by atoms with Gasteiger partial charge in [0.2, 0.25) is 11.8 Å². The van der Waals surface area contributed by atoms with Crippen LogP contribution in [0.4, 0.5) is 11.6 Å². The molecular formula is C18H16N6O. The molecule has 25 heavy (non-hydrogen) atoms. The number of imidazole rings is 1. The van der Waals surface area contributed by atoms with Crippen molar-refractivity contribution >= 4 is 33.7 Å². The van der Waals surface area contributed by atoms with Gasteiger partial charge in [-0.15, -0.1) is 0 Å². The SMILES string of the molecule is c1cnc2ccc(Nc3nc(OC4CCC4)c4nc[nH]c4n3)cc2c1. The van der Waals surface area contributed by atoms with Crippen molar-refractivity contribution in [2.75, 3.05) is 5.32 Å². The number of benzene rings is 1. The van der Waals surface area contributed by atoms with Crippen molar-refractivity contribution in [2.45, 2.75) is 25.4 Å². The van der Waals surface area contributed by atoms with Crippen LogP contribution in [0.3, 0.4) is 0 Å². The molecule has 0 unspecified atom stereocenters. The van der Waals surface area contributed by atoms with Gasteiger partial charge < -0.3 is 15.0 Å². The number of aromatic amines is 1. The number of H-pyrrole nitrogens is 1. The quantitative estimate of drug-likeness (QED) is 0.594. The molecule has 7 nitrogen and oxygen atoms in total. The fraction of sp³-hybridized carbons (Fsp3) is 0.222. The summed E-state index contributed by atoms with van der Waals surface area (Å²) < 4.78 is 5.99. The average Bonchev–Trinajstić information content (AvgIpc) is 3.06. The summed E-state index contributed by atoms with van der Waals surface area (Å²) in [6.45, 7) is 0. The lowest BCUT2D eigenvalue weighted by molar-refractivity contribution is 0.116. The van der Waals surface area contributed by atoms with E-state index in [4.69, 9.17) is 4.74 Å². The van der Waals surface area contributed by atoms with Gasteiger partial charge >= 0.3 is 0 Å². The zero-order valence-corrected chi connectivity index (χ0v) is 13.4. The molecule has 0 atom stereocenters. The van der Waals surface area contributed by atoms with Crippen molar-refractivity contribution in [3.8, 4) is 5.88 Å². The zero-order valence-electron chi connectivity index (χ0n) is 13.4. The Kier molecular flexibility index (Phi) is 3.22. The maximum Gasteiger partial charge on any atom is 0.247 e. The molecule has 3 aromatic heterocycles. The molecule has 1 aliphatic rings. The smallest absolute Gasteiger partial charge is 0.247 e. The van der Waals surface area contributed by atoms with Crippen LogP contribution in [0, 0.1) is 0 Å². The van der Waals surface area contributed by atoms with Crippen LogP contribution >= 0.6 is 0 Å². The van der Waals surface area contributed by atoms with Gasteiger partial charge in [-0.2, -0.15) is 9.97 Å². The molecule has 0 saturated heterocycles. The number of anilines is 2. The third kappa shape index (κ3) is 2.63. The second-order valence-electron chi connectivity index (χ2n) is 6.16. The standard InChI is InChI=1S/C18H16N6O/c1-4-13(5-1)25-17-15-16(21-10-20-15)23-18(24-17)22-12-6-7-14-11(9-12)3-2-8-19-14/h2-3,6-10,13H,1,4-5H2,(H2,20,21,22,23,24). The normalized spacial score (nSPS) is 14.6. The van der Waals surface area contributed by atoms with E-state index in [1.807, 2.05) is 30.3 Å².